The quantitative estimate of drug-likeness (QED) is 0.590. The third kappa shape index (κ3) is 2.42. The molecule has 0 radical (unpaired) electrons. The molecule has 0 aliphatic rings. The van der Waals surface area contributed by atoms with Gasteiger partial charge in [-0.15, -0.1) is 0 Å². The van der Waals surface area contributed by atoms with Gasteiger partial charge in [0.1, 0.15) is 6.10 Å². The molecule has 78 valence electrons. The number of hydrogen-bond donors (Lipinski definition) is 4. The van der Waals surface area contributed by atoms with Crippen LogP contribution in [0.4, 0.5) is 0 Å². The van der Waals surface area contributed by atoms with E-state index in [0.717, 1.165) is 0 Å². The van der Waals surface area contributed by atoms with Crippen molar-refractivity contribution in [3.05, 3.63) is 32.7 Å². The highest BCUT2D eigenvalue weighted by atomic mass is 79.9. The topological polar surface area (TPSA) is 99.3 Å². The summed E-state index contributed by atoms with van der Waals surface area (Å²) in [5.41, 5.74) is 4.82. The number of nitrogens with two attached hydrogens (primary N) is 1. The van der Waals surface area contributed by atoms with Gasteiger partial charge in [0.25, 0.3) is 5.56 Å². The predicted molar refractivity (Wildman–Crippen MR) is 54.8 cm³/mol. The number of aliphatic hydroxyl groups excluding tert-OH is 2. The minimum atomic E-state index is -1.26. The standard InChI is InChI=1S/C8H11BrN2O3/c9-4-1-5(8(14)11-3-4)7(13)6(12)2-10/h1,3,6-7,12-13H,2,10H2,(H,11,14). The van der Waals surface area contributed by atoms with E-state index in [-0.39, 0.29) is 12.1 Å². The van der Waals surface area contributed by atoms with E-state index in [1.165, 1.54) is 12.3 Å². The second kappa shape index (κ2) is 4.70. The first kappa shape index (κ1) is 11.4. The Morgan fingerprint density at radius 1 is 1.57 bits per heavy atom. The molecule has 1 rings (SSSR count). The molecule has 14 heavy (non-hydrogen) atoms. The second-order valence-electron chi connectivity index (χ2n) is 2.85. The van der Waals surface area contributed by atoms with E-state index in [2.05, 4.69) is 20.9 Å². The van der Waals surface area contributed by atoms with E-state index >= 15 is 0 Å². The summed E-state index contributed by atoms with van der Waals surface area (Å²) in [5, 5.41) is 18.8. The molecular formula is C8H11BrN2O3. The van der Waals surface area contributed by atoms with Gasteiger partial charge in [0.2, 0.25) is 0 Å². The van der Waals surface area contributed by atoms with Crippen LogP contribution >= 0.6 is 15.9 Å². The van der Waals surface area contributed by atoms with E-state index in [1.54, 1.807) is 0 Å². The van der Waals surface area contributed by atoms with Crippen LogP contribution in [0.1, 0.15) is 11.7 Å². The van der Waals surface area contributed by atoms with Gasteiger partial charge < -0.3 is 20.9 Å². The van der Waals surface area contributed by atoms with Gasteiger partial charge in [-0.1, -0.05) is 0 Å². The first-order chi connectivity index (χ1) is 6.56. The van der Waals surface area contributed by atoms with Gasteiger partial charge in [-0.2, -0.15) is 0 Å². The lowest BCUT2D eigenvalue weighted by molar-refractivity contribution is 0.0234. The van der Waals surface area contributed by atoms with Crippen LogP contribution in [-0.4, -0.2) is 27.8 Å². The average molecular weight is 263 g/mol. The van der Waals surface area contributed by atoms with Crippen molar-refractivity contribution in [1.82, 2.24) is 4.98 Å². The number of aliphatic hydroxyl groups is 2. The Labute approximate surface area is 88.7 Å². The van der Waals surface area contributed by atoms with Crippen LogP contribution in [0, 0.1) is 0 Å². The lowest BCUT2D eigenvalue weighted by atomic mass is 10.1. The fraction of sp³-hybridized carbons (Fsp3) is 0.375. The van der Waals surface area contributed by atoms with Crippen molar-refractivity contribution in [2.75, 3.05) is 6.54 Å². The van der Waals surface area contributed by atoms with Crippen molar-refractivity contribution in [3.63, 3.8) is 0 Å². The summed E-state index contributed by atoms with van der Waals surface area (Å²) < 4.78 is 0.621. The van der Waals surface area contributed by atoms with Crippen LogP contribution in [0.5, 0.6) is 0 Å². The van der Waals surface area contributed by atoms with Crippen LogP contribution in [-0.2, 0) is 0 Å². The van der Waals surface area contributed by atoms with E-state index in [4.69, 9.17) is 5.73 Å². The first-order valence-electron chi connectivity index (χ1n) is 4.00. The monoisotopic (exact) mass is 262 g/mol. The summed E-state index contributed by atoms with van der Waals surface area (Å²) in [5.74, 6) is 0. The van der Waals surface area contributed by atoms with Gasteiger partial charge in [-0.05, 0) is 22.0 Å². The maximum absolute atomic E-state index is 11.2. The molecule has 2 unspecified atom stereocenters. The Morgan fingerprint density at radius 3 is 2.79 bits per heavy atom. The van der Waals surface area contributed by atoms with Gasteiger partial charge in [-0.3, -0.25) is 4.79 Å². The van der Waals surface area contributed by atoms with Gasteiger partial charge in [0.15, 0.2) is 0 Å². The number of halogens is 1. The van der Waals surface area contributed by atoms with E-state index in [0.29, 0.717) is 4.47 Å². The average Bonchev–Trinajstić information content (AvgIpc) is 2.19. The zero-order chi connectivity index (χ0) is 10.7. The number of rotatable bonds is 3. The van der Waals surface area contributed by atoms with Crippen LogP contribution in [0.15, 0.2) is 21.5 Å². The Balaban J connectivity index is 3.05. The molecule has 0 bridgehead atoms. The molecule has 5 N–H and O–H groups in total. The Kier molecular flexibility index (Phi) is 3.82. The molecule has 0 amide bonds. The summed E-state index contributed by atoms with van der Waals surface area (Å²) in [6, 6.07) is 1.45. The molecule has 1 aromatic heterocycles. The maximum atomic E-state index is 11.2. The molecule has 0 saturated heterocycles. The maximum Gasteiger partial charge on any atom is 0.253 e. The highest BCUT2D eigenvalue weighted by Gasteiger charge is 2.19. The molecule has 1 heterocycles. The largest absolute Gasteiger partial charge is 0.389 e. The number of nitrogens with one attached hydrogen (secondary N) is 1. The van der Waals surface area contributed by atoms with Crippen LogP contribution in [0.3, 0.4) is 0 Å². The number of pyridine rings is 1. The molecule has 5 nitrogen and oxygen atoms in total. The summed E-state index contributed by atoms with van der Waals surface area (Å²) in [6.45, 7) is -0.104. The number of H-pyrrole nitrogens is 1. The minimum absolute atomic E-state index is 0.0947. The van der Waals surface area contributed by atoms with Gasteiger partial charge >= 0.3 is 0 Å². The molecular weight excluding hydrogens is 252 g/mol. The SMILES string of the molecule is NCC(O)C(O)c1cc(Br)c[nH]c1=O. The smallest absolute Gasteiger partial charge is 0.253 e. The van der Waals surface area contributed by atoms with E-state index in [9.17, 15) is 15.0 Å². The molecule has 0 aliphatic heterocycles. The summed E-state index contributed by atoms with van der Waals surface area (Å²) in [6.07, 6.45) is -0.945. The Hall–Kier alpha value is -0.690. The Bertz CT molecular complexity index is 366. The summed E-state index contributed by atoms with van der Waals surface area (Å²) in [7, 11) is 0. The first-order valence-corrected chi connectivity index (χ1v) is 4.80. The van der Waals surface area contributed by atoms with Crippen molar-refractivity contribution in [3.8, 4) is 0 Å². The molecule has 1 aromatic rings. The molecule has 0 aromatic carbocycles. The van der Waals surface area contributed by atoms with Crippen molar-refractivity contribution in [1.29, 1.82) is 0 Å². The third-order valence-electron chi connectivity index (χ3n) is 1.82. The van der Waals surface area contributed by atoms with Crippen molar-refractivity contribution in [2.24, 2.45) is 5.73 Å². The molecule has 0 fully saturated rings. The number of aromatic amines is 1. The third-order valence-corrected chi connectivity index (χ3v) is 2.28. The molecule has 0 aliphatic carbocycles. The number of aromatic nitrogens is 1. The van der Waals surface area contributed by atoms with E-state index < -0.39 is 17.8 Å². The van der Waals surface area contributed by atoms with Crippen LogP contribution in [0.2, 0.25) is 0 Å². The lowest BCUT2D eigenvalue weighted by Crippen LogP contribution is -2.30. The fourth-order valence-corrected chi connectivity index (χ4v) is 1.39. The van der Waals surface area contributed by atoms with Crippen LogP contribution < -0.4 is 11.3 Å². The molecule has 0 saturated carbocycles. The number of hydrogen-bond acceptors (Lipinski definition) is 4. The molecule has 2 atom stereocenters. The predicted octanol–water partition coefficient (Wildman–Crippen LogP) is -0.510. The summed E-state index contributed by atoms with van der Waals surface area (Å²) in [4.78, 5) is 13.7. The van der Waals surface area contributed by atoms with Gasteiger partial charge in [0, 0.05) is 22.8 Å². The highest BCUT2D eigenvalue weighted by Crippen LogP contribution is 2.15. The van der Waals surface area contributed by atoms with Crippen LogP contribution in [0.25, 0.3) is 0 Å². The van der Waals surface area contributed by atoms with Gasteiger partial charge in [-0.25, -0.2) is 0 Å². The second-order valence-corrected chi connectivity index (χ2v) is 3.77. The van der Waals surface area contributed by atoms with E-state index in [1.807, 2.05) is 0 Å². The van der Waals surface area contributed by atoms with Crippen molar-refractivity contribution in [2.45, 2.75) is 12.2 Å². The lowest BCUT2D eigenvalue weighted by Gasteiger charge is -2.15. The highest BCUT2D eigenvalue weighted by molar-refractivity contribution is 9.10. The van der Waals surface area contributed by atoms with Crippen molar-refractivity contribution < 1.29 is 10.2 Å². The zero-order valence-electron chi connectivity index (χ0n) is 7.27. The minimum Gasteiger partial charge on any atom is -0.389 e. The Morgan fingerprint density at radius 2 is 2.21 bits per heavy atom. The summed E-state index contributed by atoms with van der Waals surface area (Å²) >= 11 is 3.14. The van der Waals surface area contributed by atoms with Gasteiger partial charge in [0.05, 0.1) is 6.10 Å². The zero-order valence-corrected chi connectivity index (χ0v) is 8.86. The molecule has 6 heteroatoms. The molecule has 0 spiro atoms. The normalized spacial score (nSPS) is 15.1. The fourth-order valence-electron chi connectivity index (χ4n) is 1.03. The van der Waals surface area contributed by atoms with Crippen molar-refractivity contribution >= 4 is 15.9 Å².